The molecule has 3 heterocycles. The summed E-state index contributed by atoms with van der Waals surface area (Å²) in [5.74, 6) is 0.738. The van der Waals surface area contributed by atoms with Crippen LogP contribution in [0, 0.1) is 6.92 Å². The monoisotopic (exact) mass is 370 g/mol. The van der Waals surface area contributed by atoms with Gasteiger partial charge in [0.2, 0.25) is 5.91 Å². The highest BCUT2D eigenvalue weighted by Gasteiger charge is 2.21. The normalized spacial score (nSPS) is 15.5. The summed E-state index contributed by atoms with van der Waals surface area (Å²) in [7, 11) is 1.83. The Kier molecular flexibility index (Phi) is 4.60. The van der Waals surface area contributed by atoms with Gasteiger partial charge in [0.15, 0.2) is 5.13 Å². The van der Waals surface area contributed by atoms with Crippen LogP contribution in [0.25, 0.3) is 10.2 Å². The molecule has 1 amide bonds. The van der Waals surface area contributed by atoms with E-state index in [9.17, 15) is 4.79 Å². The highest BCUT2D eigenvalue weighted by Crippen LogP contribution is 2.29. The molecule has 0 spiro atoms. The largest absolute Gasteiger partial charge is 0.345 e. The minimum Gasteiger partial charge on any atom is -0.345 e. The van der Waals surface area contributed by atoms with Crippen LogP contribution in [-0.2, 0) is 11.8 Å². The van der Waals surface area contributed by atoms with Crippen molar-refractivity contribution < 1.29 is 4.79 Å². The number of aryl methyl sites for hydroxylation is 2. The molecule has 0 bridgehead atoms. The highest BCUT2D eigenvalue weighted by molar-refractivity contribution is 7.22. The molecule has 1 aromatic carbocycles. The van der Waals surface area contributed by atoms with Crippen LogP contribution in [-0.4, -0.2) is 58.3 Å². The molecular formula is C18H22N6OS. The van der Waals surface area contributed by atoms with Gasteiger partial charge in [0.1, 0.15) is 5.82 Å². The summed E-state index contributed by atoms with van der Waals surface area (Å²) in [6.07, 6.45) is 0. The van der Waals surface area contributed by atoms with Crippen LogP contribution in [0.4, 0.5) is 10.9 Å². The Balaban J connectivity index is 1.32. The van der Waals surface area contributed by atoms with Gasteiger partial charge in [-0.05, 0) is 19.1 Å². The molecule has 0 atom stereocenters. The van der Waals surface area contributed by atoms with Crippen LogP contribution in [0.1, 0.15) is 5.69 Å². The lowest BCUT2D eigenvalue weighted by molar-refractivity contribution is -0.117. The van der Waals surface area contributed by atoms with E-state index in [-0.39, 0.29) is 5.91 Å². The number of rotatable bonds is 4. The van der Waals surface area contributed by atoms with E-state index >= 15 is 0 Å². The van der Waals surface area contributed by atoms with E-state index in [0.717, 1.165) is 48.3 Å². The molecule has 2 aromatic heterocycles. The Bertz CT molecular complexity index is 892. The highest BCUT2D eigenvalue weighted by atomic mass is 32.1. The summed E-state index contributed by atoms with van der Waals surface area (Å²) in [4.78, 5) is 21.5. The summed E-state index contributed by atoms with van der Waals surface area (Å²) in [6.45, 7) is 5.80. The second-order valence-corrected chi connectivity index (χ2v) is 7.58. The van der Waals surface area contributed by atoms with Crippen LogP contribution in [0.15, 0.2) is 30.3 Å². The van der Waals surface area contributed by atoms with Gasteiger partial charge < -0.3 is 10.2 Å². The minimum absolute atomic E-state index is 0.00133. The molecule has 26 heavy (non-hydrogen) atoms. The van der Waals surface area contributed by atoms with Gasteiger partial charge in [-0.15, -0.1) is 0 Å². The fourth-order valence-electron chi connectivity index (χ4n) is 3.21. The number of para-hydroxylation sites is 1. The third-order valence-corrected chi connectivity index (χ3v) is 5.66. The average molecular weight is 370 g/mol. The SMILES string of the molecule is Cc1cc(NC(=O)CN2CCN(c3nc4ccccc4s3)CC2)n(C)n1. The number of anilines is 2. The second kappa shape index (κ2) is 7.05. The van der Waals surface area contributed by atoms with Gasteiger partial charge in [-0.3, -0.25) is 14.4 Å². The van der Waals surface area contributed by atoms with E-state index in [2.05, 4.69) is 32.3 Å². The van der Waals surface area contributed by atoms with Crippen molar-refractivity contribution in [1.82, 2.24) is 19.7 Å². The van der Waals surface area contributed by atoms with Crippen LogP contribution >= 0.6 is 11.3 Å². The standard InChI is InChI=1S/C18H22N6OS/c1-13-11-16(22(2)21-13)20-17(25)12-23-7-9-24(10-8-23)18-19-14-5-3-4-6-15(14)26-18/h3-6,11H,7-10,12H2,1-2H3,(H,20,25). The van der Waals surface area contributed by atoms with E-state index < -0.39 is 0 Å². The van der Waals surface area contributed by atoms with Crippen molar-refractivity contribution in [2.75, 3.05) is 42.9 Å². The number of piperazine rings is 1. The maximum Gasteiger partial charge on any atom is 0.239 e. The van der Waals surface area contributed by atoms with Gasteiger partial charge in [-0.2, -0.15) is 5.10 Å². The zero-order valence-electron chi connectivity index (χ0n) is 15.0. The number of nitrogens with one attached hydrogen (secondary N) is 1. The van der Waals surface area contributed by atoms with E-state index in [0.29, 0.717) is 6.54 Å². The number of hydrogen-bond donors (Lipinski definition) is 1. The van der Waals surface area contributed by atoms with Crippen LogP contribution < -0.4 is 10.2 Å². The first kappa shape index (κ1) is 17.0. The van der Waals surface area contributed by atoms with E-state index in [4.69, 9.17) is 4.98 Å². The topological polar surface area (TPSA) is 66.3 Å². The lowest BCUT2D eigenvalue weighted by Crippen LogP contribution is -2.48. The fourth-order valence-corrected chi connectivity index (χ4v) is 4.22. The summed E-state index contributed by atoms with van der Waals surface area (Å²) in [5.41, 5.74) is 1.95. The third kappa shape index (κ3) is 3.56. The average Bonchev–Trinajstić information content (AvgIpc) is 3.18. The number of carbonyl (C=O) groups excluding carboxylic acids is 1. The molecule has 1 aliphatic heterocycles. The molecule has 3 aromatic rings. The van der Waals surface area contributed by atoms with Gasteiger partial charge in [-0.25, -0.2) is 4.98 Å². The molecule has 0 aliphatic carbocycles. The Morgan fingerprint density at radius 2 is 2.00 bits per heavy atom. The molecule has 136 valence electrons. The molecule has 8 heteroatoms. The quantitative estimate of drug-likeness (QED) is 0.762. The summed E-state index contributed by atoms with van der Waals surface area (Å²) in [5, 5.41) is 8.25. The van der Waals surface area contributed by atoms with Gasteiger partial charge in [0, 0.05) is 39.3 Å². The Labute approximate surface area is 156 Å². The number of fused-ring (bicyclic) bond motifs is 1. The Morgan fingerprint density at radius 3 is 2.69 bits per heavy atom. The number of nitrogens with zero attached hydrogens (tertiary/aromatic N) is 5. The maximum atomic E-state index is 12.3. The lowest BCUT2D eigenvalue weighted by Gasteiger charge is -2.34. The fraction of sp³-hybridized carbons (Fsp3) is 0.389. The number of thiazole rings is 1. The number of aromatic nitrogens is 3. The number of carbonyl (C=O) groups is 1. The van der Waals surface area contributed by atoms with Crippen molar-refractivity contribution >= 4 is 38.4 Å². The first-order valence-corrected chi connectivity index (χ1v) is 9.53. The van der Waals surface area contributed by atoms with E-state index in [1.807, 2.05) is 32.2 Å². The smallest absolute Gasteiger partial charge is 0.239 e. The van der Waals surface area contributed by atoms with E-state index in [1.54, 1.807) is 16.0 Å². The van der Waals surface area contributed by atoms with Crippen molar-refractivity contribution in [2.24, 2.45) is 7.05 Å². The van der Waals surface area contributed by atoms with Gasteiger partial charge in [-0.1, -0.05) is 23.5 Å². The zero-order chi connectivity index (χ0) is 18.1. The van der Waals surface area contributed by atoms with Crippen molar-refractivity contribution in [2.45, 2.75) is 6.92 Å². The van der Waals surface area contributed by atoms with Crippen LogP contribution in [0.5, 0.6) is 0 Å². The van der Waals surface area contributed by atoms with Crippen LogP contribution in [0.3, 0.4) is 0 Å². The minimum atomic E-state index is 0.00133. The van der Waals surface area contributed by atoms with Crippen molar-refractivity contribution in [3.05, 3.63) is 36.0 Å². The molecule has 1 fully saturated rings. The predicted molar refractivity (Wildman–Crippen MR) is 105 cm³/mol. The number of benzene rings is 1. The van der Waals surface area contributed by atoms with E-state index in [1.165, 1.54) is 4.70 Å². The third-order valence-electron chi connectivity index (χ3n) is 4.56. The molecule has 0 radical (unpaired) electrons. The van der Waals surface area contributed by atoms with Gasteiger partial charge in [0.05, 0.1) is 22.5 Å². The molecule has 7 nitrogen and oxygen atoms in total. The maximum absolute atomic E-state index is 12.3. The number of hydrogen-bond acceptors (Lipinski definition) is 6. The van der Waals surface area contributed by atoms with Gasteiger partial charge >= 0.3 is 0 Å². The molecular weight excluding hydrogens is 348 g/mol. The first-order chi connectivity index (χ1) is 12.6. The molecule has 0 unspecified atom stereocenters. The Hall–Kier alpha value is -2.45. The Morgan fingerprint density at radius 1 is 1.23 bits per heavy atom. The van der Waals surface area contributed by atoms with Crippen molar-refractivity contribution in [3.8, 4) is 0 Å². The number of amides is 1. The van der Waals surface area contributed by atoms with Crippen LogP contribution in [0.2, 0.25) is 0 Å². The lowest BCUT2D eigenvalue weighted by atomic mass is 10.3. The first-order valence-electron chi connectivity index (χ1n) is 8.72. The summed E-state index contributed by atoms with van der Waals surface area (Å²) in [6, 6.07) is 10.1. The summed E-state index contributed by atoms with van der Waals surface area (Å²) >= 11 is 1.73. The summed E-state index contributed by atoms with van der Waals surface area (Å²) < 4.78 is 2.91. The molecule has 1 N–H and O–H groups in total. The molecule has 1 saturated heterocycles. The van der Waals surface area contributed by atoms with Crippen molar-refractivity contribution in [1.29, 1.82) is 0 Å². The van der Waals surface area contributed by atoms with Crippen molar-refractivity contribution in [3.63, 3.8) is 0 Å². The zero-order valence-corrected chi connectivity index (χ0v) is 15.8. The van der Waals surface area contributed by atoms with Gasteiger partial charge in [0.25, 0.3) is 0 Å². The molecule has 1 aliphatic rings. The molecule has 4 rings (SSSR count). The second-order valence-electron chi connectivity index (χ2n) is 6.57. The molecule has 0 saturated carbocycles. The predicted octanol–water partition coefficient (Wildman–Crippen LogP) is 2.10.